The molecule has 0 saturated heterocycles. The zero-order chi connectivity index (χ0) is 15.4. The molecule has 0 aliphatic carbocycles. The molecule has 0 aliphatic rings. The molecule has 3 heterocycles. The fraction of sp³-hybridized carbons (Fsp3) is 0.200. The Labute approximate surface area is 135 Å². The lowest BCUT2D eigenvalue weighted by molar-refractivity contribution is -0.115. The molecule has 3 aromatic rings. The van der Waals surface area contributed by atoms with Crippen LogP contribution in [0.4, 0.5) is 5.13 Å². The highest BCUT2D eigenvalue weighted by Gasteiger charge is 2.19. The minimum Gasteiger partial charge on any atom is -0.463 e. The molecule has 0 saturated carbocycles. The van der Waals surface area contributed by atoms with Gasteiger partial charge in [0.2, 0.25) is 5.91 Å². The monoisotopic (exact) mass is 334 g/mol. The second-order valence-corrected chi connectivity index (χ2v) is 6.43. The van der Waals surface area contributed by atoms with E-state index in [0.29, 0.717) is 28.8 Å². The first-order valence-electron chi connectivity index (χ1n) is 6.65. The Bertz CT molecular complexity index is 681. The molecule has 0 atom stereocenters. The number of nitrogens with zero attached hydrogens (tertiary/aromatic N) is 1. The van der Waals surface area contributed by atoms with Crippen molar-refractivity contribution in [1.82, 2.24) is 4.98 Å². The van der Waals surface area contributed by atoms with Crippen molar-refractivity contribution in [3.63, 3.8) is 0 Å². The lowest BCUT2D eigenvalue weighted by Crippen LogP contribution is -2.11. The Morgan fingerprint density at radius 2 is 2.00 bits per heavy atom. The number of carbonyl (C=O) groups excluding carboxylic acids is 1. The highest BCUT2D eigenvalue weighted by Crippen LogP contribution is 2.39. The SMILES string of the molecule is CSCCC(=O)Nc1nc(-c2ccco2)c(-c2ccco2)s1. The van der Waals surface area contributed by atoms with Crippen LogP contribution in [0.25, 0.3) is 22.1 Å². The molecule has 5 nitrogen and oxygen atoms in total. The van der Waals surface area contributed by atoms with Gasteiger partial charge in [-0.3, -0.25) is 4.79 Å². The van der Waals surface area contributed by atoms with Gasteiger partial charge >= 0.3 is 0 Å². The van der Waals surface area contributed by atoms with E-state index in [1.807, 2.05) is 24.5 Å². The van der Waals surface area contributed by atoms with Gasteiger partial charge < -0.3 is 14.2 Å². The summed E-state index contributed by atoms with van der Waals surface area (Å²) < 4.78 is 10.9. The first kappa shape index (κ1) is 14.9. The maximum absolute atomic E-state index is 11.9. The van der Waals surface area contributed by atoms with Gasteiger partial charge in [0.25, 0.3) is 0 Å². The van der Waals surface area contributed by atoms with Gasteiger partial charge in [-0.05, 0) is 30.5 Å². The number of furan rings is 2. The van der Waals surface area contributed by atoms with Gasteiger partial charge in [0.05, 0.1) is 12.5 Å². The van der Waals surface area contributed by atoms with Crippen molar-refractivity contribution in [2.45, 2.75) is 6.42 Å². The molecular weight excluding hydrogens is 320 g/mol. The van der Waals surface area contributed by atoms with E-state index in [9.17, 15) is 4.79 Å². The van der Waals surface area contributed by atoms with Gasteiger partial charge in [0.15, 0.2) is 10.9 Å². The molecule has 1 N–H and O–H groups in total. The molecule has 0 fully saturated rings. The van der Waals surface area contributed by atoms with E-state index >= 15 is 0 Å². The van der Waals surface area contributed by atoms with Crippen LogP contribution < -0.4 is 5.32 Å². The molecule has 3 rings (SSSR count). The zero-order valence-corrected chi connectivity index (χ0v) is 13.5. The number of rotatable bonds is 6. The van der Waals surface area contributed by atoms with E-state index in [2.05, 4.69) is 10.3 Å². The number of carbonyl (C=O) groups is 1. The normalized spacial score (nSPS) is 10.8. The summed E-state index contributed by atoms with van der Waals surface area (Å²) in [5.74, 6) is 2.09. The van der Waals surface area contributed by atoms with Crippen LogP contribution in [0.1, 0.15) is 6.42 Å². The predicted octanol–water partition coefficient (Wildman–Crippen LogP) is 4.35. The van der Waals surface area contributed by atoms with Gasteiger partial charge in [0.1, 0.15) is 16.3 Å². The largest absolute Gasteiger partial charge is 0.463 e. The summed E-state index contributed by atoms with van der Waals surface area (Å²) in [5.41, 5.74) is 0.671. The third-order valence-electron chi connectivity index (χ3n) is 2.91. The fourth-order valence-corrected chi connectivity index (χ4v) is 3.25. The number of thiazole rings is 1. The first-order valence-corrected chi connectivity index (χ1v) is 8.86. The number of anilines is 1. The molecule has 0 unspecified atom stereocenters. The van der Waals surface area contributed by atoms with Crippen LogP contribution in [0.2, 0.25) is 0 Å². The molecule has 0 aromatic carbocycles. The molecule has 0 aliphatic heterocycles. The Balaban J connectivity index is 1.90. The fourth-order valence-electron chi connectivity index (χ4n) is 1.91. The Morgan fingerprint density at radius 1 is 1.27 bits per heavy atom. The van der Waals surface area contributed by atoms with Gasteiger partial charge in [-0.25, -0.2) is 4.98 Å². The number of hydrogen-bond donors (Lipinski definition) is 1. The molecule has 0 radical (unpaired) electrons. The summed E-state index contributed by atoms with van der Waals surface area (Å²) in [5, 5.41) is 3.38. The minimum atomic E-state index is -0.0416. The van der Waals surface area contributed by atoms with Crippen LogP contribution >= 0.6 is 23.1 Å². The van der Waals surface area contributed by atoms with Crippen LogP contribution in [0, 0.1) is 0 Å². The van der Waals surface area contributed by atoms with Crippen molar-refractivity contribution < 1.29 is 13.6 Å². The quantitative estimate of drug-likeness (QED) is 0.725. The standard InChI is InChI=1S/C15H14N2O3S2/c1-21-9-6-12(18)16-15-17-13(10-4-2-7-19-10)14(22-15)11-5-3-8-20-11/h2-5,7-8H,6,9H2,1H3,(H,16,17,18). The van der Waals surface area contributed by atoms with Crippen LogP contribution in [-0.2, 0) is 4.79 Å². The summed E-state index contributed by atoms with van der Waals surface area (Å²) in [6.45, 7) is 0. The number of thioether (sulfide) groups is 1. The second kappa shape index (κ2) is 6.85. The van der Waals surface area contributed by atoms with Crippen molar-refractivity contribution in [3.05, 3.63) is 36.8 Å². The van der Waals surface area contributed by atoms with Crippen LogP contribution in [-0.4, -0.2) is 22.9 Å². The van der Waals surface area contributed by atoms with E-state index in [1.54, 1.807) is 30.4 Å². The van der Waals surface area contributed by atoms with Crippen molar-refractivity contribution in [2.75, 3.05) is 17.3 Å². The van der Waals surface area contributed by atoms with Crippen molar-refractivity contribution in [3.8, 4) is 22.1 Å². The van der Waals surface area contributed by atoms with E-state index in [4.69, 9.17) is 8.83 Å². The average molecular weight is 334 g/mol. The molecule has 0 bridgehead atoms. The summed E-state index contributed by atoms with van der Waals surface area (Å²) >= 11 is 3.01. The number of aromatic nitrogens is 1. The van der Waals surface area contributed by atoms with Crippen molar-refractivity contribution in [2.24, 2.45) is 0 Å². The topological polar surface area (TPSA) is 68.3 Å². The molecule has 0 spiro atoms. The predicted molar refractivity (Wildman–Crippen MR) is 89.1 cm³/mol. The van der Waals surface area contributed by atoms with Gasteiger partial charge in [-0.2, -0.15) is 11.8 Å². The Kier molecular flexibility index (Phi) is 4.65. The lowest BCUT2D eigenvalue weighted by atomic mass is 10.2. The van der Waals surface area contributed by atoms with E-state index < -0.39 is 0 Å². The highest BCUT2D eigenvalue weighted by molar-refractivity contribution is 7.98. The molecule has 114 valence electrons. The summed E-state index contributed by atoms with van der Waals surface area (Å²) in [6, 6.07) is 7.31. The highest BCUT2D eigenvalue weighted by atomic mass is 32.2. The minimum absolute atomic E-state index is 0.0416. The van der Waals surface area contributed by atoms with Crippen molar-refractivity contribution >= 4 is 34.1 Å². The summed E-state index contributed by atoms with van der Waals surface area (Å²) in [7, 11) is 0. The van der Waals surface area contributed by atoms with E-state index in [0.717, 1.165) is 10.6 Å². The molecular formula is C15H14N2O3S2. The Hall–Kier alpha value is -1.99. The summed E-state index contributed by atoms with van der Waals surface area (Å²) in [4.78, 5) is 17.2. The van der Waals surface area contributed by atoms with E-state index in [1.165, 1.54) is 11.3 Å². The van der Waals surface area contributed by atoms with Crippen LogP contribution in [0.5, 0.6) is 0 Å². The number of nitrogens with one attached hydrogen (secondary N) is 1. The van der Waals surface area contributed by atoms with Gasteiger partial charge in [-0.1, -0.05) is 11.3 Å². The lowest BCUT2D eigenvalue weighted by Gasteiger charge is -1.99. The smallest absolute Gasteiger partial charge is 0.226 e. The maximum atomic E-state index is 11.9. The Morgan fingerprint density at radius 3 is 2.64 bits per heavy atom. The summed E-state index contributed by atoms with van der Waals surface area (Å²) in [6.07, 6.45) is 5.64. The van der Waals surface area contributed by atoms with Crippen LogP contribution in [0.3, 0.4) is 0 Å². The molecule has 3 aromatic heterocycles. The molecule has 1 amide bonds. The number of amides is 1. The van der Waals surface area contributed by atoms with Gasteiger partial charge in [0, 0.05) is 12.2 Å². The first-order chi connectivity index (χ1) is 10.8. The second-order valence-electron chi connectivity index (χ2n) is 4.44. The number of hydrogen-bond acceptors (Lipinski definition) is 6. The zero-order valence-electron chi connectivity index (χ0n) is 11.9. The average Bonchev–Trinajstić information content (AvgIpc) is 3.23. The van der Waals surface area contributed by atoms with Crippen molar-refractivity contribution in [1.29, 1.82) is 0 Å². The maximum Gasteiger partial charge on any atom is 0.226 e. The molecule has 7 heteroatoms. The van der Waals surface area contributed by atoms with Crippen LogP contribution in [0.15, 0.2) is 45.6 Å². The third kappa shape index (κ3) is 3.26. The molecule has 22 heavy (non-hydrogen) atoms. The van der Waals surface area contributed by atoms with Gasteiger partial charge in [-0.15, -0.1) is 0 Å². The third-order valence-corrected chi connectivity index (χ3v) is 4.50. The van der Waals surface area contributed by atoms with E-state index in [-0.39, 0.29) is 5.91 Å².